The first-order chi connectivity index (χ1) is 8.56. The molecule has 0 saturated heterocycles. The van der Waals surface area contributed by atoms with Crippen molar-refractivity contribution in [1.82, 2.24) is 10.1 Å². The normalized spacial score (nSPS) is 12.2. The van der Waals surface area contributed by atoms with Gasteiger partial charge in [0.2, 0.25) is 17.6 Å². The number of benzene rings is 1. The van der Waals surface area contributed by atoms with Crippen molar-refractivity contribution in [2.24, 2.45) is 0 Å². The van der Waals surface area contributed by atoms with E-state index in [1.807, 2.05) is 0 Å². The Labute approximate surface area is 109 Å². The molecule has 0 fully saturated rings. The number of halogens is 1. The van der Waals surface area contributed by atoms with Gasteiger partial charge in [-0.05, 0) is 31.2 Å². The van der Waals surface area contributed by atoms with Crippen LogP contribution in [-0.2, 0) is 4.79 Å². The van der Waals surface area contributed by atoms with Crippen LogP contribution in [0.2, 0.25) is 0 Å². The van der Waals surface area contributed by atoms with Crippen LogP contribution in [-0.4, -0.2) is 21.4 Å². The van der Waals surface area contributed by atoms with Crippen molar-refractivity contribution < 1.29 is 9.32 Å². The van der Waals surface area contributed by atoms with Gasteiger partial charge >= 0.3 is 0 Å². The average molecular weight is 266 g/mol. The van der Waals surface area contributed by atoms with Crippen LogP contribution in [0.3, 0.4) is 0 Å². The summed E-state index contributed by atoms with van der Waals surface area (Å²) in [6, 6.07) is 7.13. The Hall–Kier alpha value is -1.88. The molecule has 1 N–H and O–H groups in total. The Morgan fingerprint density at radius 2 is 2.06 bits per heavy atom. The summed E-state index contributed by atoms with van der Waals surface area (Å²) in [5.41, 5.74) is 1.50. The third kappa shape index (κ3) is 2.87. The Morgan fingerprint density at radius 3 is 2.56 bits per heavy atom. The van der Waals surface area contributed by atoms with Crippen LogP contribution in [0.1, 0.15) is 12.8 Å². The first-order valence-corrected chi connectivity index (χ1v) is 5.85. The zero-order valence-electron chi connectivity index (χ0n) is 9.98. The van der Waals surface area contributed by atoms with Crippen molar-refractivity contribution >= 4 is 23.2 Å². The largest absolute Gasteiger partial charge is 0.339 e. The number of hydrogen-bond donors (Lipinski definition) is 1. The second-order valence-electron chi connectivity index (χ2n) is 3.82. The highest BCUT2D eigenvalue weighted by atomic mass is 35.5. The third-order valence-electron chi connectivity index (χ3n) is 2.30. The van der Waals surface area contributed by atoms with E-state index in [4.69, 9.17) is 16.1 Å². The zero-order valence-corrected chi connectivity index (χ0v) is 10.7. The molecule has 2 rings (SSSR count). The summed E-state index contributed by atoms with van der Waals surface area (Å²) in [6.07, 6.45) is 0. The summed E-state index contributed by atoms with van der Waals surface area (Å²) in [6.45, 7) is 3.35. The SMILES string of the molecule is Cc1nc(-c2ccc(NC(=O)C(C)Cl)cc2)no1. The van der Waals surface area contributed by atoms with Crippen LogP contribution >= 0.6 is 11.6 Å². The molecule has 0 aliphatic carbocycles. The minimum atomic E-state index is -0.565. The molecule has 5 nitrogen and oxygen atoms in total. The standard InChI is InChI=1S/C12H12ClN3O2/c1-7(13)12(17)15-10-5-3-9(4-6-10)11-14-8(2)18-16-11/h3-7H,1-2H3,(H,15,17). The molecule has 1 aromatic heterocycles. The lowest BCUT2D eigenvalue weighted by Gasteiger charge is -2.06. The van der Waals surface area contributed by atoms with Crippen LogP contribution in [0.25, 0.3) is 11.4 Å². The van der Waals surface area contributed by atoms with Crippen LogP contribution in [0.5, 0.6) is 0 Å². The number of carbonyl (C=O) groups is 1. The smallest absolute Gasteiger partial charge is 0.242 e. The second-order valence-corrected chi connectivity index (χ2v) is 4.47. The van der Waals surface area contributed by atoms with E-state index in [9.17, 15) is 4.79 Å². The Kier molecular flexibility index (Phi) is 3.62. The summed E-state index contributed by atoms with van der Waals surface area (Å²) in [5, 5.41) is 5.94. The number of aromatic nitrogens is 2. The lowest BCUT2D eigenvalue weighted by atomic mass is 10.2. The van der Waals surface area contributed by atoms with Gasteiger partial charge in [-0.25, -0.2) is 0 Å². The Morgan fingerprint density at radius 1 is 1.39 bits per heavy atom. The molecular weight excluding hydrogens is 254 g/mol. The highest BCUT2D eigenvalue weighted by Gasteiger charge is 2.10. The molecular formula is C12H12ClN3O2. The van der Waals surface area contributed by atoms with E-state index in [-0.39, 0.29) is 5.91 Å². The molecule has 0 aliphatic heterocycles. The van der Waals surface area contributed by atoms with Crippen molar-refractivity contribution in [1.29, 1.82) is 0 Å². The highest BCUT2D eigenvalue weighted by molar-refractivity contribution is 6.32. The Balaban J connectivity index is 2.13. The predicted molar refractivity (Wildman–Crippen MR) is 68.4 cm³/mol. The maximum absolute atomic E-state index is 11.4. The summed E-state index contributed by atoms with van der Waals surface area (Å²) in [7, 11) is 0. The predicted octanol–water partition coefficient (Wildman–Crippen LogP) is 2.61. The van der Waals surface area contributed by atoms with E-state index in [0.29, 0.717) is 17.4 Å². The zero-order chi connectivity index (χ0) is 13.1. The van der Waals surface area contributed by atoms with Gasteiger partial charge in [0.1, 0.15) is 5.38 Å². The fourth-order valence-corrected chi connectivity index (χ4v) is 1.42. The van der Waals surface area contributed by atoms with Crippen molar-refractivity contribution in [3.8, 4) is 11.4 Å². The van der Waals surface area contributed by atoms with Crippen LogP contribution < -0.4 is 5.32 Å². The fourth-order valence-electron chi connectivity index (χ4n) is 1.36. The number of alkyl halides is 1. The number of anilines is 1. The van der Waals surface area contributed by atoms with Gasteiger partial charge in [0, 0.05) is 18.2 Å². The van der Waals surface area contributed by atoms with E-state index < -0.39 is 5.38 Å². The molecule has 1 atom stereocenters. The lowest BCUT2D eigenvalue weighted by molar-refractivity contribution is -0.115. The van der Waals surface area contributed by atoms with E-state index >= 15 is 0 Å². The number of carbonyl (C=O) groups excluding carboxylic acids is 1. The highest BCUT2D eigenvalue weighted by Crippen LogP contribution is 2.18. The first-order valence-electron chi connectivity index (χ1n) is 5.42. The average Bonchev–Trinajstić information content (AvgIpc) is 2.76. The second kappa shape index (κ2) is 5.18. The maximum Gasteiger partial charge on any atom is 0.242 e. The molecule has 2 aromatic rings. The lowest BCUT2D eigenvalue weighted by Crippen LogP contribution is -2.20. The minimum absolute atomic E-state index is 0.236. The molecule has 0 aliphatic rings. The number of amides is 1. The van der Waals surface area contributed by atoms with Gasteiger partial charge in [-0.3, -0.25) is 4.79 Å². The minimum Gasteiger partial charge on any atom is -0.339 e. The molecule has 0 radical (unpaired) electrons. The van der Waals surface area contributed by atoms with E-state index in [1.165, 1.54) is 0 Å². The summed E-state index contributed by atoms with van der Waals surface area (Å²) < 4.78 is 4.90. The topological polar surface area (TPSA) is 68.0 Å². The molecule has 6 heteroatoms. The summed E-state index contributed by atoms with van der Waals surface area (Å²) in [5.74, 6) is 0.800. The molecule has 94 valence electrons. The van der Waals surface area contributed by atoms with Gasteiger partial charge in [-0.15, -0.1) is 11.6 Å². The van der Waals surface area contributed by atoms with Crippen molar-refractivity contribution in [2.45, 2.75) is 19.2 Å². The van der Waals surface area contributed by atoms with Crippen molar-refractivity contribution in [3.63, 3.8) is 0 Å². The van der Waals surface area contributed by atoms with E-state index in [0.717, 1.165) is 5.56 Å². The summed E-state index contributed by atoms with van der Waals surface area (Å²) >= 11 is 5.66. The fraction of sp³-hybridized carbons (Fsp3) is 0.250. The number of rotatable bonds is 3. The van der Waals surface area contributed by atoms with Gasteiger partial charge in [-0.2, -0.15) is 4.98 Å². The first kappa shape index (κ1) is 12.6. The Bertz CT molecular complexity index is 549. The molecule has 1 aromatic carbocycles. The van der Waals surface area contributed by atoms with Crippen LogP contribution in [0.4, 0.5) is 5.69 Å². The summed E-state index contributed by atoms with van der Waals surface area (Å²) in [4.78, 5) is 15.5. The van der Waals surface area contributed by atoms with Crippen LogP contribution in [0.15, 0.2) is 28.8 Å². The molecule has 1 unspecified atom stereocenters. The van der Waals surface area contributed by atoms with Gasteiger partial charge in [0.05, 0.1) is 0 Å². The number of aryl methyl sites for hydroxylation is 1. The van der Waals surface area contributed by atoms with E-state index in [1.54, 1.807) is 38.1 Å². The maximum atomic E-state index is 11.4. The number of nitrogens with zero attached hydrogens (tertiary/aromatic N) is 2. The molecule has 1 heterocycles. The van der Waals surface area contributed by atoms with Gasteiger partial charge in [-0.1, -0.05) is 5.16 Å². The molecule has 1 amide bonds. The third-order valence-corrected chi connectivity index (χ3v) is 2.50. The van der Waals surface area contributed by atoms with Gasteiger partial charge in [0.25, 0.3) is 0 Å². The van der Waals surface area contributed by atoms with Crippen LogP contribution in [0, 0.1) is 6.92 Å². The quantitative estimate of drug-likeness (QED) is 0.866. The molecule has 18 heavy (non-hydrogen) atoms. The van der Waals surface area contributed by atoms with Crippen molar-refractivity contribution in [3.05, 3.63) is 30.2 Å². The number of nitrogens with one attached hydrogen (secondary N) is 1. The molecule has 0 spiro atoms. The monoisotopic (exact) mass is 265 g/mol. The molecule has 0 saturated carbocycles. The van der Waals surface area contributed by atoms with E-state index in [2.05, 4.69) is 15.5 Å². The van der Waals surface area contributed by atoms with Crippen molar-refractivity contribution in [2.75, 3.05) is 5.32 Å². The number of hydrogen-bond acceptors (Lipinski definition) is 4. The van der Waals surface area contributed by atoms with Gasteiger partial charge < -0.3 is 9.84 Å². The van der Waals surface area contributed by atoms with Gasteiger partial charge in [0.15, 0.2) is 0 Å². The molecule has 0 bridgehead atoms.